The van der Waals surface area contributed by atoms with Crippen LogP contribution in [0.25, 0.3) is 0 Å². The summed E-state index contributed by atoms with van der Waals surface area (Å²) in [5.74, 6) is 1.77. The van der Waals surface area contributed by atoms with Crippen LogP contribution in [0.2, 0.25) is 0 Å². The van der Waals surface area contributed by atoms with Crippen molar-refractivity contribution in [3.8, 4) is 0 Å². The molecule has 0 spiro atoms. The Labute approximate surface area is 111 Å². The average molecular weight is 243 g/mol. The van der Waals surface area contributed by atoms with E-state index in [4.69, 9.17) is 0 Å². The van der Waals surface area contributed by atoms with Crippen molar-refractivity contribution in [1.82, 2.24) is 5.32 Å². The maximum Gasteiger partial charge on any atom is 0.0151 e. The number of fused-ring (bicyclic) bond motifs is 1. The van der Waals surface area contributed by atoms with Crippen LogP contribution in [-0.4, -0.2) is 12.1 Å². The number of rotatable bonds is 2. The van der Waals surface area contributed by atoms with Crippen LogP contribution in [-0.2, 0) is 12.8 Å². The summed E-state index contributed by atoms with van der Waals surface area (Å²) in [7, 11) is 0. The molecule has 1 aromatic carbocycles. The molecule has 1 saturated carbocycles. The summed E-state index contributed by atoms with van der Waals surface area (Å²) in [5, 5.41) is 3.94. The third kappa shape index (κ3) is 2.47. The van der Waals surface area contributed by atoms with E-state index in [2.05, 4.69) is 43.4 Å². The SMILES string of the molecule is CC1CCC(NC2Cc3ccccc3C2)C(C)C1. The molecular weight excluding hydrogens is 218 g/mol. The largest absolute Gasteiger partial charge is 0.310 e. The molecule has 0 radical (unpaired) electrons. The molecule has 1 N–H and O–H groups in total. The fourth-order valence-electron chi connectivity index (χ4n) is 3.89. The van der Waals surface area contributed by atoms with Crippen molar-refractivity contribution in [2.45, 2.75) is 58.0 Å². The molecule has 3 atom stereocenters. The smallest absolute Gasteiger partial charge is 0.0151 e. The first-order chi connectivity index (χ1) is 8.72. The highest BCUT2D eigenvalue weighted by Gasteiger charge is 2.29. The van der Waals surface area contributed by atoms with Gasteiger partial charge in [0.15, 0.2) is 0 Å². The van der Waals surface area contributed by atoms with Crippen molar-refractivity contribution in [2.24, 2.45) is 11.8 Å². The molecule has 0 bridgehead atoms. The van der Waals surface area contributed by atoms with E-state index >= 15 is 0 Å². The van der Waals surface area contributed by atoms with E-state index in [0.29, 0.717) is 6.04 Å². The van der Waals surface area contributed by atoms with E-state index in [0.717, 1.165) is 17.9 Å². The van der Waals surface area contributed by atoms with E-state index in [1.807, 2.05) is 0 Å². The van der Waals surface area contributed by atoms with Gasteiger partial charge in [-0.25, -0.2) is 0 Å². The second-order valence-electron chi connectivity index (χ2n) is 6.54. The van der Waals surface area contributed by atoms with Crippen LogP contribution in [0.1, 0.15) is 44.2 Å². The Bertz CT molecular complexity index is 387. The molecule has 3 rings (SSSR count). The summed E-state index contributed by atoms with van der Waals surface area (Å²) in [6.07, 6.45) is 6.64. The predicted molar refractivity (Wildman–Crippen MR) is 76.7 cm³/mol. The van der Waals surface area contributed by atoms with Gasteiger partial charge in [-0.15, -0.1) is 0 Å². The third-order valence-corrected chi connectivity index (χ3v) is 4.93. The highest BCUT2D eigenvalue weighted by atomic mass is 15.0. The number of nitrogens with one attached hydrogen (secondary N) is 1. The molecule has 98 valence electrons. The van der Waals surface area contributed by atoms with Gasteiger partial charge in [-0.05, 0) is 55.1 Å². The number of hydrogen-bond donors (Lipinski definition) is 1. The van der Waals surface area contributed by atoms with Crippen molar-refractivity contribution in [3.05, 3.63) is 35.4 Å². The maximum atomic E-state index is 3.94. The Morgan fingerprint density at radius 1 is 1.00 bits per heavy atom. The first-order valence-electron chi connectivity index (χ1n) is 7.55. The van der Waals surface area contributed by atoms with Gasteiger partial charge in [0, 0.05) is 12.1 Å². The van der Waals surface area contributed by atoms with E-state index in [9.17, 15) is 0 Å². The molecule has 0 aromatic heterocycles. The molecule has 0 saturated heterocycles. The van der Waals surface area contributed by atoms with E-state index < -0.39 is 0 Å². The van der Waals surface area contributed by atoms with Crippen LogP contribution in [0.15, 0.2) is 24.3 Å². The normalized spacial score (nSPS) is 32.4. The van der Waals surface area contributed by atoms with Crippen LogP contribution >= 0.6 is 0 Å². The zero-order valence-corrected chi connectivity index (χ0v) is 11.7. The van der Waals surface area contributed by atoms with Crippen molar-refractivity contribution < 1.29 is 0 Å². The molecule has 0 amide bonds. The lowest BCUT2D eigenvalue weighted by Gasteiger charge is -2.35. The lowest BCUT2D eigenvalue weighted by atomic mass is 9.79. The molecule has 1 heteroatoms. The Hall–Kier alpha value is -0.820. The quantitative estimate of drug-likeness (QED) is 0.837. The first kappa shape index (κ1) is 12.2. The minimum absolute atomic E-state index is 0.684. The molecule has 2 aliphatic carbocycles. The lowest BCUT2D eigenvalue weighted by molar-refractivity contribution is 0.214. The summed E-state index contributed by atoms with van der Waals surface area (Å²) in [6, 6.07) is 10.4. The third-order valence-electron chi connectivity index (χ3n) is 4.93. The predicted octanol–water partition coefficient (Wildman–Crippen LogP) is 3.57. The van der Waals surface area contributed by atoms with Crippen molar-refractivity contribution >= 4 is 0 Å². The van der Waals surface area contributed by atoms with Crippen LogP contribution in [0.5, 0.6) is 0 Å². The van der Waals surface area contributed by atoms with Gasteiger partial charge in [-0.2, -0.15) is 0 Å². The summed E-state index contributed by atoms with van der Waals surface area (Å²) in [5.41, 5.74) is 3.12. The summed E-state index contributed by atoms with van der Waals surface area (Å²) < 4.78 is 0. The van der Waals surface area contributed by atoms with Gasteiger partial charge < -0.3 is 5.32 Å². The summed E-state index contributed by atoms with van der Waals surface area (Å²) >= 11 is 0. The highest BCUT2D eigenvalue weighted by molar-refractivity contribution is 5.33. The fraction of sp³-hybridized carbons (Fsp3) is 0.647. The first-order valence-corrected chi connectivity index (χ1v) is 7.55. The van der Waals surface area contributed by atoms with Crippen LogP contribution in [0.4, 0.5) is 0 Å². The van der Waals surface area contributed by atoms with Crippen LogP contribution < -0.4 is 5.32 Å². The molecule has 1 aromatic rings. The monoisotopic (exact) mass is 243 g/mol. The standard InChI is InChI=1S/C17H25N/c1-12-7-8-17(13(2)9-12)18-16-10-14-5-3-4-6-15(14)11-16/h3-6,12-13,16-18H,7-11H2,1-2H3. The number of hydrogen-bond acceptors (Lipinski definition) is 1. The van der Waals surface area contributed by atoms with Crippen molar-refractivity contribution in [3.63, 3.8) is 0 Å². The van der Waals surface area contributed by atoms with Crippen LogP contribution in [0, 0.1) is 11.8 Å². The molecular formula is C17H25N. The molecule has 0 heterocycles. The zero-order chi connectivity index (χ0) is 12.5. The highest BCUT2D eigenvalue weighted by Crippen LogP contribution is 2.30. The molecule has 0 aliphatic heterocycles. The van der Waals surface area contributed by atoms with Crippen LogP contribution in [0.3, 0.4) is 0 Å². The van der Waals surface area contributed by atoms with E-state index in [-0.39, 0.29) is 0 Å². The topological polar surface area (TPSA) is 12.0 Å². The average Bonchev–Trinajstić information content (AvgIpc) is 2.75. The van der Waals surface area contributed by atoms with Crippen molar-refractivity contribution in [1.29, 1.82) is 0 Å². The Balaban J connectivity index is 1.59. The minimum Gasteiger partial charge on any atom is -0.310 e. The van der Waals surface area contributed by atoms with E-state index in [1.54, 1.807) is 11.1 Å². The molecule has 2 aliphatic rings. The second-order valence-corrected chi connectivity index (χ2v) is 6.54. The van der Waals surface area contributed by atoms with Gasteiger partial charge in [0.05, 0.1) is 0 Å². The Kier molecular flexibility index (Phi) is 3.43. The van der Waals surface area contributed by atoms with Gasteiger partial charge in [-0.1, -0.05) is 38.1 Å². The molecule has 1 nitrogen and oxygen atoms in total. The molecule has 3 unspecified atom stereocenters. The maximum absolute atomic E-state index is 3.94. The fourth-order valence-corrected chi connectivity index (χ4v) is 3.89. The molecule has 1 fully saturated rings. The Morgan fingerprint density at radius 2 is 1.67 bits per heavy atom. The molecule has 18 heavy (non-hydrogen) atoms. The van der Waals surface area contributed by atoms with Gasteiger partial charge >= 0.3 is 0 Å². The summed E-state index contributed by atoms with van der Waals surface area (Å²) in [4.78, 5) is 0. The van der Waals surface area contributed by atoms with Gasteiger partial charge in [0.2, 0.25) is 0 Å². The number of benzene rings is 1. The second kappa shape index (κ2) is 5.05. The van der Waals surface area contributed by atoms with Gasteiger partial charge in [0.1, 0.15) is 0 Å². The minimum atomic E-state index is 0.684. The Morgan fingerprint density at radius 3 is 2.28 bits per heavy atom. The van der Waals surface area contributed by atoms with E-state index in [1.165, 1.54) is 32.1 Å². The van der Waals surface area contributed by atoms with Gasteiger partial charge in [0.25, 0.3) is 0 Å². The zero-order valence-electron chi connectivity index (χ0n) is 11.7. The van der Waals surface area contributed by atoms with Crippen molar-refractivity contribution in [2.75, 3.05) is 0 Å². The van der Waals surface area contributed by atoms with Gasteiger partial charge in [-0.3, -0.25) is 0 Å². The lowest BCUT2D eigenvalue weighted by Crippen LogP contribution is -2.45. The summed E-state index contributed by atoms with van der Waals surface area (Å²) in [6.45, 7) is 4.83.